The van der Waals surface area contributed by atoms with Crippen LogP contribution in [0.1, 0.15) is 18.4 Å². The van der Waals surface area contributed by atoms with E-state index in [0.717, 1.165) is 16.8 Å². The molecule has 0 fully saturated rings. The molecule has 0 aliphatic carbocycles. The summed E-state index contributed by atoms with van der Waals surface area (Å²) in [6.45, 7) is 0.555. The van der Waals surface area contributed by atoms with Crippen LogP contribution in [0.5, 0.6) is 0 Å². The van der Waals surface area contributed by atoms with E-state index in [9.17, 15) is 4.79 Å². The van der Waals surface area contributed by atoms with Gasteiger partial charge in [0.15, 0.2) is 0 Å². The van der Waals surface area contributed by atoms with Crippen LogP contribution in [0.2, 0.25) is 0 Å². The molecule has 3 N–H and O–H groups in total. The molecule has 1 aromatic heterocycles. The predicted molar refractivity (Wildman–Crippen MR) is 72.2 cm³/mol. The largest absolute Gasteiger partial charge is 0.396 e. The second-order valence-electron chi connectivity index (χ2n) is 4.27. The number of nitrogens with zero attached hydrogens (tertiary/aromatic N) is 1. The molecule has 0 saturated heterocycles. The zero-order valence-electron chi connectivity index (χ0n) is 10.6. The molecule has 5 nitrogen and oxygen atoms in total. The summed E-state index contributed by atoms with van der Waals surface area (Å²) in [5.74, 6) is -0.0355. The Balaban J connectivity index is 1.87. The zero-order chi connectivity index (χ0) is 13.5. The molecule has 0 atom stereocenters. The average molecular weight is 259 g/mol. The molecule has 100 valence electrons. The van der Waals surface area contributed by atoms with Crippen molar-refractivity contribution < 1.29 is 9.90 Å². The molecule has 0 unspecified atom stereocenters. The summed E-state index contributed by atoms with van der Waals surface area (Å²) in [5.41, 5.74) is 3.08. The van der Waals surface area contributed by atoms with Crippen LogP contribution in [0.15, 0.2) is 36.5 Å². The molecule has 2 rings (SSSR count). The number of nitrogens with one attached hydrogen (secondary N) is 2. The van der Waals surface area contributed by atoms with E-state index in [0.29, 0.717) is 19.4 Å². The van der Waals surface area contributed by atoms with Gasteiger partial charge in [0.05, 0.1) is 5.69 Å². The number of carbonyl (C=O) groups is 1. The van der Waals surface area contributed by atoms with E-state index in [1.165, 1.54) is 0 Å². The lowest BCUT2D eigenvalue weighted by Crippen LogP contribution is -2.22. The van der Waals surface area contributed by atoms with Gasteiger partial charge in [0.1, 0.15) is 0 Å². The van der Waals surface area contributed by atoms with Gasteiger partial charge in [-0.25, -0.2) is 0 Å². The number of aromatic amines is 1. The Bertz CT molecular complexity index is 506. The fourth-order valence-electron chi connectivity index (χ4n) is 1.75. The molecule has 0 bridgehead atoms. The van der Waals surface area contributed by atoms with Gasteiger partial charge >= 0.3 is 0 Å². The van der Waals surface area contributed by atoms with Crippen LogP contribution in [0.4, 0.5) is 0 Å². The Morgan fingerprint density at radius 1 is 1.26 bits per heavy atom. The van der Waals surface area contributed by atoms with E-state index >= 15 is 0 Å². The highest BCUT2D eigenvalue weighted by atomic mass is 16.3. The van der Waals surface area contributed by atoms with Crippen LogP contribution in [0.3, 0.4) is 0 Å². The molecule has 0 aliphatic heterocycles. The Hall–Kier alpha value is -2.14. The molecule has 0 saturated carbocycles. The Kier molecular flexibility index (Phi) is 4.69. The third kappa shape index (κ3) is 3.93. The van der Waals surface area contributed by atoms with Gasteiger partial charge in [0, 0.05) is 25.8 Å². The van der Waals surface area contributed by atoms with Crippen molar-refractivity contribution in [1.82, 2.24) is 15.5 Å². The number of aromatic nitrogens is 2. The normalized spacial score (nSPS) is 10.4. The topological polar surface area (TPSA) is 78.0 Å². The highest BCUT2D eigenvalue weighted by molar-refractivity contribution is 5.75. The Labute approximate surface area is 111 Å². The molecule has 0 radical (unpaired) electrons. The van der Waals surface area contributed by atoms with Crippen LogP contribution in [-0.4, -0.2) is 27.8 Å². The van der Waals surface area contributed by atoms with E-state index in [2.05, 4.69) is 15.5 Å². The van der Waals surface area contributed by atoms with Crippen molar-refractivity contribution >= 4 is 5.91 Å². The van der Waals surface area contributed by atoms with Crippen molar-refractivity contribution in [3.05, 3.63) is 42.1 Å². The van der Waals surface area contributed by atoms with Crippen molar-refractivity contribution in [3.63, 3.8) is 0 Å². The smallest absolute Gasteiger partial charge is 0.220 e. The zero-order valence-corrected chi connectivity index (χ0v) is 10.6. The summed E-state index contributed by atoms with van der Waals surface area (Å²) < 4.78 is 0. The second kappa shape index (κ2) is 6.70. The molecular formula is C14H17N3O2. The van der Waals surface area contributed by atoms with Gasteiger partial charge in [-0.1, -0.05) is 24.3 Å². The first-order chi connectivity index (χ1) is 9.29. The quantitative estimate of drug-likeness (QED) is 0.735. The highest BCUT2D eigenvalue weighted by Gasteiger charge is 2.02. The minimum atomic E-state index is -0.0355. The monoisotopic (exact) mass is 259 g/mol. The van der Waals surface area contributed by atoms with E-state index in [-0.39, 0.29) is 12.5 Å². The maximum atomic E-state index is 11.4. The van der Waals surface area contributed by atoms with Gasteiger partial charge in [-0.3, -0.25) is 9.89 Å². The number of rotatable bonds is 6. The van der Waals surface area contributed by atoms with E-state index in [1.54, 1.807) is 6.20 Å². The number of hydrogen-bond acceptors (Lipinski definition) is 3. The van der Waals surface area contributed by atoms with Crippen molar-refractivity contribution in [2.75, 3.05) is 6.61 Å². The first-order valence-corrected chi connectivity index (χ1v) is 6.26. The third-order valence-corrected chi connectivity index (χ3v) is 2.82. The molecular weight excluding hydrogens is 242 g/mol. The summed E-state index contributed by atoms with van der Waals surface area (Å²) in [6.07, 6.45) is 2.58. The highest BCUT2D eigenvalue weighted by Crippen LogP contribution is 2.16. The number of amides is 1. The number of H-pyrrole nitrogens is 1. The molecule has 1 heterocycles. The summed E-state index contributed by atoms with van der Waals surface area (Å²) in [6, 6.07) is 9.84. The summed E-state index contributed by atoms with van der Waals surface area (Å²) in [5, 5.41) is 18.3. The molecule has 19 heavy (non-hydrogen) atoms. The van der Waals surface area contributed by atoms with Crippen LogP contribution in [-0.2, 0) is 11.3 Å². The first kappa shape index (κ1) is 13.3. The standard InChI is InChI=1S/C14H17N3O2/c18-9-1-2-14(19)15-10-11-3-5-12(6-4-11)13-7-8-16-17-13/h3-8,18H,1-2,9-10H2,(H,15,19)(H,16,17). The van der Waals surface area contributed by atoms with Crippen LogP contribution >= 0.6 is 0 Å². The van der Waals surface area contributed by atoms with E-state index in [4.69, 9.17) is 5.11 Å². The molecule has 1 amide bonds. The van der Waals surface area contributed by atoms with Crippen LogP contribution in [0.25, 0.3) is 11.3 Å². The second-order valence-corrected chi connectivity index (χ2v) is 4.27. The van der Waals surface area contributed by atoms with E-state index < -0.39 is 0 Å². The first-order valence-electron chi connectivity index (χ1n) is 6.26. The fraction of sp³-hybridized carbons (Fsp3) is 0.286. The van der Waals surface area contributed by atoms with Gasteiger partial charge in [-0.05, 0) is 23.6 Å². The van der Waals surface area contributed by atoms with Crippen LogP contribution in [0, 0.1) is 0 Å². The predicted octanol–water partition coefficient (Wildman–Crippen LogP) is 1.47. The third-order valence-electron chi connectivity index (χ3n) is 2.82. The minimum absolute atomic E-state index is 0.0355. The number of hydrogen-bond donors (Lipinski definition) is 3. The number of carbonyl (C=O) groups excluding carboxylic acids is 1. The van der Waals surface area contributed by atoms with Gasteiger partial charge in [-0.2, -0.15) is 5.10 Å². The van der Waals surface area contributed by atoms with Gasteiger partial charge in [0.25, 0.3) is 0 Å². The lowest BCUT2D eigenvalue weighted by Gasteiger charge is -2.05. The van der Waals surface area contributed by atoms with E-state index in [1.807, 2.05) is 30.3 Å². The lowest BCUT2D eigenvalue weighted by atomic mass is 10.1. The van der Waals surface area contributed by atoms with Crippen molar-refractivity contribution in [1.29, 1.82) is 0 Å². The maximum absolute atomic E-state index is 11.4. The maximum Gasteiger partial charge on any atom is 0.220 e. The van der Waals surface area contributed by atoms with Crippen molar-refractivity contribution in [2.45, 2.75) is 19.4 Å². The van der Waals surface area contributed by atoms with Gasteiger partial charge < -0.3 is 10.4 Å². The number of aliphatic hydroxyl groups is 1. The van der Waals surface area contributed by atoms with Gasteiger partial charge in [-0.15, -0.1) is 0 Å². The molecule has 2 aromatic rings. The van der Waals surface area contributed by atoms with Crippen molar-refractivity contribution in [2.24, 2.45) is 0 Å². The van der Waals surface area contributed by atoms with Crippen LogP contribution < -0.4 is 5.32 Å². The summed E-state index contributed by atoms with van der Waals surface area (Å²) in [7, 11) is 0. The lowest BCUT2D eigenvalue weighted by molar-refractivity contribution is -0.121. The summed E-state index contributed by atoms with van der Waals surface area (Å²) >= 11 is 0. The number of aliphatic hydroxyl groups excluding tert-OH is 1. The molecule has 5 heteroatoms. The average Bonchev–Trinajstić information content (AvgIpc) is 2.97. The van der Waals surface area contributed by atoms with Crippen molar-refractivity contribution in [3.8, 4) is 11.3 Å². The molecule has 0 spiro atoms. The fourth-order valence-corrected chi connectivity index (χ4v) is 1.75. The summed E-state index contributed by atoms with van der Waals surface area (Å²) in [4.78, 5) is 11.4. The molecule has 0 aliphatic rings. The Morgan fingerprint density at radius 3 is 2.68 bits per heavy atom. The number of benzene rings is 1. The SMILES string of the molecule is O=C(CCCO)NCc1ccc(-c2ccn[nH]2)cc1. The molecule has 1 aromatic carbocycles. The van der Waals surface area contributed by atoms with Gasteiger partial charge in [0.2, 0.25) is 5.91 Å². The minimum Gasteiger partial charge on any atom is -0.396 e. The Morgan fingerprint density at radius 2 is 2.05 bits per heavy atom.